The molecule has 4 nitrogen and oxygen atoms in total. The monoisotopic (exact) mass is 323 g/mol. The summed E-state index contributed by atoms with van der Waals surface area (Å²) in [5.74, 6) is 1.12. The van der Waals surface area contributed by atoms with Crippen molar-refractivity contribution in [3.8, 4) is 0 Å². The maximum absolute atomic E-state index is 12.0. The van der Waals surface area contributed by atoms with Crippen LogP contribution in [0.5, 0.6) is 0 Å². The molecule has 3 aliphatic rings. The standard InChI is InChI=1S/C20H25N3O/c21-20(24)15-6-3-4-12-11-23-9-8-14-13-5-1-2-7-17(13)22-19(14)18(23)10-16(12)15/h1-2,5,7,12,15-16,18,22H,3-4,6,8-11H2,(H2,21,24). The Morgan fingerprint density at radius 3 is 3.00 bits per heavy atom. The van der Waals surface area contributed by atoms with E-state index in [2.05, 4.69) is 34.1 Å². The molecular weight excluding hydrogens is 298 g/mol. The molecule has 24 heavy (non-hydrogen) atoms. The molecule has 0 radical (unpaired) electrons. The van der Waals surface area contributed by atoms with Gasteiger partial charge in [0.2, 0.25) is 5.91 Å². The summed E-state index contributed by atoms with van der Waals surface area (Å²) in [6, 6.07) is 9.07. The summed E-state index contributed by atoms with van der Waals surface area (Å²) in [6.45, 7) is 2.28. The quantitative estimate of drug-likeness (QED) is 0.847. The predicted octanol–water partition coefficient (Wildman–Crippen LogP) is 2.99. The van der Waals surface area contributed by atoms with E-state index in [-0.39, 0.29) is 11.8 Å². The van der Waals surface area contributed by atoms with Gasteiger partial charge in [-0.2, -0.15) is 0 Å². The number of primary amides is 1. The average Bonchev–Trinajstić information content (AvgIpc) is 2.98. The molecule has 2 aromatic rings. The van der Waals surface area contributed by atoms with Crippen molar-refractivity contribution in [2.75, 3.05) is 13.1 Å². The third kappa shape index (κ3) is 2.05. The van der Waals surface area contributed by atoms with E-state index in [4.69, 9.17) is 5.73 Å². The van der Waals surface area contributed by atoms with Crippen molar-refractivity contribution >= 4 is 16.8 Å². The number of nitrogens with one attached hydrogen (secondary N) is 1. The molecule has 126 valence electrons. The lowest BCUT2D eigenvalue weighted by Crippen LogP contribution is -2.50. The first kappa shape index (κ1) is 14.5. The number of nitrogens with two attached hydrogens (primary N) is 1. The van der Waals surface area contributed by atoms with E-state index in [9.17, 15) is 4.79 Å². The van der Waals surface area contributed by atoms with Crippen molar-refractivity contribution in [1.29, 1.82) is 0 Å². The van der Waals surface area contributed by atoms with Gasteiger partial charge in [-0.05, 0) is 49.1 Å². The van der Waals surface area contributed by atoms with Crippen molar-refractivity contribution in [3.05, 3.63) is 35.5 Å². The third-order valence-corrected chi connectivity index (χ3v) is 6.81. The topological polar surface area (TPSA) is 62.1 Å². The Balaban J connectivity index is 1.54. The number of carbonyl (C=O) groups is 1. The molecule has 1 aliphatic carbocycles. The normalized spacial score (nSPS) is 32.8. The van der Waals surface area contributed by atoms with Crippen LogP contribution in [-0.4, -0.2) is 28.9 Å². The van der Waals surface area contributed by atoms with Crippen molar-refractivity contribution < 1.29 is 4.79 Å². The van der Waals surface area contributed by atoms with Crippen LogP contribution in [0.4, 0.5) is 0 Å². The van der Waals surface area contributed by atoms with Gasteiger partial charge in [-0.25, -0.2) is 0 Å². The molecule has 4 atom stereocenters. The van der Waals surface area contributed by atoms with Gasteiger partial charge in [-0.1, -0.05) is 24.6 Å². The number of aromatic amines is 1. The number of fused-ring (bicyclic) bond motifs is 6. The summed E-state index contributed by atoms with van der Waals surface area (Å²) in [5.41, 5.74) is 9.88. The molecule has 1 aromatic carbocycles. The summed E-state index contributed by atoms with van der Waals surface area (Å²) < 4.78 is 0. The number of aromatic nitrogens is 1. The van der Waals surface area contributed by atoms with Crippen LogP contribution in [0.15, 0.2) is 24.3 Å². The van der Waals surface area contributed by atoms with E-state index < -0.39 is 0 Å². The van der Waals surface area contributed by atoms with Gasteiger partial charge in [0.25, 0.3) is 0 Å². The molecule has 3 heterocycles. The third-order valence-electron chi connectivity index (χ3n) is 6.81. The Bertz CT molecular complexity index is 795. The fourth-order valence-electron chi connectivity index (χ4n) is 5.71. The lowest BCUT2D eigenvalue weighted by atomic mass is 9.66. The van der Waals surface area contributed by atoms with Crippen molar-refractivity contribution in [3.63, 3.8) is 0 Å². The van der Waals surface area contributed by atoms with E-state index in [1.54, 1.807) is 0 Å². The highest BCUT2D eigenvalue weighted by molar-refractivity contribution is 5.85. The van der Waals surface area contributed by atoms with Crippen LogP contribution in [-0.2, 0) is 11.2 Å². The molecule has 2 fully saturated rings. The van der Waals surface area contributed by atoms with Crippen LogP contribution < -0.4 is 5.73 Å². The molecule has 1 amide bonds. The summed E-state index contributed by atoms with van der Waals surface area (Å²) in [4.78, 5) is 18.3. The average molecular weight is 323 g/mol. The van der Waals surface area contributed by atoms with Crippen molar-refractivity contribution in [2.45, 2.75) is 38.1 Å². The second-order valence-electron chi connectivity index (χ2n) is 7.92. The minimum Gasteiger partial charge on any atom is -0.369 e. The maximum atomic E-state index is 12.0. The lowest BCUT2D eigenvalue weighted by molar-refractivity contribution is -0.127. The van der Waals surface area contributed by atoms with E-state index in [0.717, 1.165) is 38.8 Å². The molecule has 5 rings (SSSR count). The van der Waals surface area contributed by atoms with Crippen LogP contribution >= 0.6 is 0 Å². The molecule has 0 bridgehead atoms. The molecule has 0 spiro atoms. The van der Waals surface area contributed by atoms with Crippen LogP contribution in [0, 0.1) is 17.8 Å². The number of rotatable bonds is 1. The first-order chi connectivity index (χ1) is 11.7. The summed E-state index contributed by atoms with van der Waals surface area (Å²) in [6.07, 6.45) is 5.62. The number of amides is 1. The van der Waals surface area contributed by atoms with E-state index in [1.807, 2.05) is 0 Å². The maximum Gasteiger partial charge on any atom is 0.220 e. The summed E-state index contributed by atoms with van der Waals surface area (Å²) in [7, 11) is 0. The summed E-state index contributed by atoms with van der Waals surface area (Å²) in [5, 5.41) is 1.38. The Morgan fingerprint density at radius 1 is 1.25 bits per heavy atom. The van der Waals surface area contributed by atoms with E-state index >= 15 is 0 Å². The first-order valence-corrected chi connectivity index (χ1v) is 9.35. The van der Waals surface area contributed by atoms with Crippen LogP contribution in [0.1, 0.15) is 43.0 Å². The number of hydrogen-bond acceptors (Lipinski definition) is 2. The molecule has 4 unspecified atom stereocenters. The Morgan fingerprint density at radius 2 is 2.12 bits per heavy atom. The largest absolute Gasteiger partial charge is 0.369 e. The highest BCUT2D eigenvalue weighted by Gasteiger charge is 2.45. The van der Waals surface area contributed by atoms with Gasteiger partial charge in [-0.15, -0.1) is 0 Å². The van der Waals surface area contributed by atoms with Gasteiger partial charge in [0.1, 0.15) is 0 Å². The van der Waals surface area contributed by atoms with Crippen LogP contribution in [0.25, 0.3) is 10.9 Å². The number of benzene rings is 1. The van der Waals surface area contributed by atoms with Crippen molar-refractivity contribution in [2.24, 2.45) is 23.5 Å². The van der Waals surface area contributed by atoms with Gasteiger partial charge < -0.3 is 10.7 Å². The first-order valence-electron chi connectivity index (χ1n) is 9.35. The minimum atomic E-state index is -0.0779. The summed E-state index contributed by atoms with van der Waals surface area (Å²) >= 11 is 0. The Kier molecular flexibility index (Phi) is 3.24. The molecular formula is C20H25N3O. The smallest absolute Gasteiger partial charge is 0.220 e. The fourth-order valence-corrected chi connectivity index (χ4v) is 5.71. The Hall–Kier alpha value is -1.81. The van der Waals surface area contributed by atoms with Crippen LogP contribution in [0.2, 0.25) is 0 Å². The van der Waals surface area contributed by atoms with Gasteiger partial charge in [0, 0.05) is 35.6 Å². The molecule has 2 aliphatic heterocycles. The second kappa shape index (κ2) is 5.35. The van der Waals surface area contributed by atoms with Gasteiger partial charge in [0.05, 0.1) is 6.04 Å². The second-order valence-corrected chi connectivity index (χ2v) is 7.92. The zero-order chi connectivity index (χ0) is 16.3. The van der Waals surface area contributed by atoms with Gasteiger partial charge >= 0.3 is 0 Å². The molecule has 4 heteroatoms. The highest BCUT2D eigenvalue weighted by atomic mass is 16.1. The highest BCUT2D eigenvalue weighted by Crippen LogP contribution is 2.48. The number of H-pyrrole nitrogens is 1. The number of para-hydroxylation sites is 1. The lowest BCUT2D eigenvalue weighted by Gasteiger charge is -2.50. The number of hydrogen-bond donors (Lipinski definition) is 2. The zero-order valence-corrected chi connectivity index (χ0v) is 14.0. The number of nitrogens with zero attached hydrogens (tertiary/aromatic N) is 1. The Labute approximate surface area is 142 Å². The SMILES string of the molecule is NC(=O)C1CCCC2CN3CCc4c([nH]c5ccccc45)C3CC21. The number of piperidine rings is 1. The van der Waals surface area contributed by atoms with Gasteiger partial charge in [-0.3, -0.25) is 9.69 Å². The molecule has 1 aromatic heterocycles. The van der Waals surface area contributed by atoms with E-state index in [1.165, 1.54) is 28.6 Å². The fraction of sp³-hybridized carbons (Fsp3) is 0.550. The predicted molar refractivity (Wildman–Crippen MR) is 94.4 cm³/mol. The number of carbonyl (C=O) groups excluding carboxylic acids is 1. The zero-order valence-electron chi connectivity index (χ0n) is 14.0. The minimum absolute atomic E-state index is 0.0779. The van der Waals surface area contributed by atoms with Crippen LogP contribution in [0.3, 0.4) is 0 Å². The molecule has 1 saturated heterocycles. The molecule has 3 N–H and O–H groups in total. The van der Waals surface area contributed by atoms with E-state index in [0.29, 0.717) is 17.9 Å². The van der Waals surface area contributed by atoms with Gasteiger partial charge in [0.15, 0.2) is 0 Å². The van der Waals surface area contributed by atoms with Crippen molar-refractivity contribution in [1.82, 2.24) is 9.88 Å². The molecule has 1 saturated carbocycles.